The Labute approximate surface area is 281 Å². The standard InChI is InChI=1S/4C9H21P.Ni/c4*1-4-7-10(8-5-2)9-6-3;/h4*4-9H2,1-3H3;/p+4. The van der Waals surface area contributed by atoms with Crippen LogP contribution < -0.4 is 0 Å². The molecule has 0 heterocycles. The Morgan fingerprint density at radius 1 is 0.195 bits per heavy atom. The van der Waals surface area contributed by atoms with Crippen molar-refractivity contribution in [2.24, 2.45) is 0 Å². The molecule has 0 rings (SSSR count). The van der Waals surface area contributed by atoms with E-state index in [2.05, 4.69) is 83.1 Å². The second-order valence-electron chi connectivity index (χ2n) is 12.0. The zero-order valence-corrected chi connectivity index (χ0v) is 36.3. The van der Waals surface area contributed by atoms with Crippen LogP contribution in [-0.2, 0) is 16.5 Å². The van der Waals surface area contributed by atoms with Crippen LogP contribution in [-0.4, -0.2) is 73.9 Å². The van der Waals surface area contributed by atoms with Gasteiger partial charge in [0.05, 0.1) is 73.9 Å². The van der Waals surface area contributed by atoms with E-state index < -0.39 is 0 Å². The Balaban J connectivity index is -0.000000139. The third-order valence-corrected chi connectivity index (χ3v) is 21.7. The van der Waals surface area contributed by atoms with E-state index in [9.17, 15) is 0 Å². The van der Waals surface area contributed by atoms with Crippen LogP contribution in [0.15, 0.2) is 0 Å². The van der Waals surface area contributed by atoms with Gasteiger partial charge in [-0.15, -0.1) is 0 Å². The summed E-state index contributed by atoms with van der Waals surface area (Å²) in [5, 5.41) is 0. The molecule has 0 bridgehead atoms. The molecule has 0 spiro atoms. The van der Waals surface area contributed by atoms with Gasteiger partial charge in [-0.05, 0) is 77.0 Å². The summed E-state index contributed by atoms with van der Waals surface area (Å²) in [5.74, 6) is 0. The van der Waals surface area contributed by atoms with Crippen molar-refractivity contribution in [1.82, 2.24) is 0 Å². The van der Waals surface area contributed by atoms with Gasteiger partial charge in [0.1, 0.15) is 0 Å². The molecule has 0 fully saturated rings. The van der Waals surface area contributed by atoms with Crippen molar-refractivity contribution in [3.05, 3.63) is 0 Å². The van der Waals surface area contributed by atoms with E-state index in [-0.39, 0.29) is 48.2 Å². The molecule has 0 saturated carbocycles. The van der Waals surface area contributed by atoms with Crippen molar-refractivity contribution < 1.29 is 16.5 Å². The molecule has 41 heavy (non-hydrogen) atoms. The molecule has 0 aliphatic heterocycles. The number of rotatable bonds is 24. The van der Waals surface area contributed by atoms with Gasteiger partial charge >= 0.3 is 0 Å². The third-order valence-electron chi connectivity index (χ3n) is 7.24. The minimum atomic E-state index is 0. The largest absolute Gasteiger partial charge is 0.0619 e. The summed E-state index contributed by atoms with van der Waals surface area (Å²) < 4.78 is 0. The fourth-order valence-electron chi connectivity index (χ4n) is 5.74. The first-order valence-corrected chi connectivity index (χ1v) is 27.2. The molecule has 0 radical (unpaired) electrons. The van der Waals surface area contributed by atoms with Crippen LogP contribution in [0.5, 0.6) is 0 Å². The van der Waals surface area contributed by atoms with E-state index >= 15 is 0 Å². The molecular formula is C36H88NiP4+4. The molecule has 5 heteroatoms. The minimum Gasteiger partial charge on any atom is -0.0619 e. The maximum absolute atomic E-state index is 2.32. The van der Waals surface area contributed by atoms with Crippen LogP contribution >= 0.6 is 31.7 Å². The molecule has 0 aromatic rings. The zero-order chi connectivity index (χ0) is 31.3. The summed E-state index contributed by atoms with van der Waals surface area (Å²) in [6.45, 7) is 27.8. The van der Waals surface area contributed by atoms with Gasteiger partial charge in [-0.2, -0.15) is 0 Å². The molecule has 0 saturated heterocycles. The summed E-state index contributed by atoms with van der Waals surface area (Å²) in [5.41, 5.74) is 0. The van der Waals surface area contributed by atoms with Crippen molar-refractivity contribution in [1.29, 1.82) is 0 Å². The van der Waals surface area contributed by atoms with Gasteiger partial charge in [0.25, 0.3) is 0 Å². The van der Waals surface area contributed by atoms with E-state index in [1.165, 1.54) is 77.0 Å². The summed E-state index contributed by atoms with van der Waals surface area (Å²) in [4.78, 5) is 0. The van der Waals surface area contributed by atoms with Crippen LogP contribution in [0.3, 0.4) is 0 Å². The Morgan fingerprint density at radius 3 is 0.317 bits per heavy atom. The number of hydrogen-bond donors (Lipinski definition) is 0. The first-order valence-electron chi connectivity index (χ1n) is 18.7. The number of hydrogen-bond acceptors (Lipinski definition) is 0. The smallest absolute Gasteiger partial charge is 0.0569 e. The SMILES string of the molecule is CCC[PH+](CCC)CCC.CCC[PH+](CCC)CCC.CCC[PH+](CCC)CCC.CCC[PH+](CCC)CCC.[Ni]. The van der Waals surface area contributed by atoms with E-state index in [0.29, 0.717) is 0 Å². The van der Waals surface area contributed by atoms with Gasteiger partial charge in [0.2, 0.25) is 0 Å². The average Bonchev–Trinajstić information content (AvgIpc) is 2.92. The Bertz CT molecular complexity index is 269. The zero-order valence-electron chi connectivity index (χ0n) is 31.3. The van der Waals surface area contributed by atoms with Crippen LogP contribution in [0.2, 0.25) is 0 Å². The van der Waals surface area contributed by atoms with Crippen molar-refractivity contribution in [2.45, 2.75) is 160 Å². The maximum Gasteiger partial charge on any atom is 0.0569 e. The van der Waals surface area contributed by atoms with Gasteiger partial charge in [0, 0.05) is 48.2 Å². The Kier molecular flexibility index (Phi) is 63.2. The summed E-state index contributed by atoms with van der Waals surface area (Å²) in [6, 6.07) is 0. The fourth-order valence-corrected chi connectivity index (χ4v) is 17.2. The second kappa shape index (κ2) is 49.1. The van der Waals surface area contributed by atoms with Crippen molar-refractivity contribution >= 4 is 31.7 Å². The molecule has 0 unspecified atom stereocenters. The molecule has 0 amide bonds. The summed E-state index contributed by atoms with van der Waals surface area (Å²) in [6.07, 6.45) is 35.5. The second-order valence-corrected chi connectivity index (χ2v) is 24.0. The van der Waals surface area contributed by atoms with E-state index in [4.69, 9.17) is 0 Å². The molecule has 0 aliphatic carbocycles. The Morgan fingerprint density at radius 2 is 0.268 bits per heavy atom. The molecule has 0 aliphatic rings. The van der Waals surface area contributed by atoms with E-state index in [1.54, 1.807) is 73.9 Å². The molecular weight excluding hydrogens is 615 g/mol. The summed E-state index contributed by atoms with van der Waals surface area (Å²) >= 11 is 0. The topological polar surface area (TPSA) is 0 Å². The summed E-state index contributed by atoms with van der Waals surface area (Å²) in [7, 11) is 0.410. The molecule has 258 valence electrons. The van der Waals surface area contributed by atoms with Gasteiger partial charge in [-0.3, -0.25) is 0 Å². The molecule has 0 N–H and O–H groups in total. The Hall–Kier alpha value is 2.21. The van der Waals surface area contributed by atoms with Gasteiger partial charge in [-0.25, -0.2) is 0 Å². The average molecular weight is 704 g/mol. The minimum absolute atomic E-state index is 0. The predicted molar refractivity (Wildman–Crippen MR) is 215 cm³/mol. The van der Waals surface area contributed by atoms with Crippen LogP contribution in [0.4, 0.5) is 0 Å². The van der Waals surface area contributed by atoms with Crippen LogP contribution in [0.1, 0.15) is 160 Å². The first-order chi connectivity index (χ1) is 19.4. The van der Waals surface area contributed by atoms with Gasteiger partial charge in [0.15, 0.2) is 0 Å². The quantitative estimate of drug-likeness (QED) is 0.0694. The monoisotopic (exact) mass is 703 g/mol. The van der Waals surface area contributed by atoms with Crippen LogP contribution in [0, 0.1) is 0 Å². The predicted octanol–water partition coefficient (Wildman–Crippen LogP) is 13.7. The van der Waals surface area contributed by atoms with Crippen molar-refractivity contribution in [2.75, 3.05) is 73.9 Å². The molecule has 0 aromatic heterocycles. The van der Waals surface area contributed by atoms with Gasteiger partial charge in [-0.1, -0.05) is 83.1 Å². The van der Waals surface area contributed by atoms with E-state index in [1.807, 2.05) is 0 Å². The molecule has 0 aromatic carbocycles. The van der Waals surface area contributed by atoms with Crippen molar-refractivity contribution in [3.8, 4) is 0 Å². The normalized spacial score (nSPS) is 10.5. The maximum atomic E-state index is 2.32. The van der Waals surface area contributed by atoms with Gasteiger partial charge < -0.3 is 0 Å². The van der Waals surface area contributed by atoms with E-state index in [0.717, 1.165) is 0 Å². The molecule has 0 nitrogen and oxygen atoms in total. The van der Waals surface area contributed by atoms with Crippen LogP contribution in [0.25, 0.3) is 0 Å². The first kappa shape index (κ1) is 52.7. The fraction of sp³-hybridized carbons (Fsp3) is 1.00. The molecule has 0 atom stereocenters. The van der Waals surface area contributed by atoms with Crippen molar-refractivity contribution in [3.63, 3.8) is 0 Å². The third kappa shape index (κ3) is 46.7.